The van der Waals surface area contributed by atoms with Crippen LogP contribution in [0.2, 0.25) is 0 Å². The zero-order valence-electron chi connectivity index (χ0n) is 5.25. The first-order valence-corrected chi connectivity index (χ1v) is 4.87. The molecule has 0 aromatic heterocycles. The summed E-state index contributed by atoms with van der Waals surface area (Å²) in [5.74, 6) is 0. The van der Waals surface area contributed by atoms with Gasteiger partial charge in [-0.15, -0.1) is 0 Å². The van der Waals surface area contributed by atoms with Crippen molar-refractivity contribution >= 4 is 50.9 Å². The topological polar surface area (TPSA) is 43.1 Å². The molecule has 58 valence electrons. The van der Waals surface area contributed by atoms with Crippen LogP contribution in [0, 0.1) is 17.3 Å². The number of para-hydroxylation sites is 1. The number of hydrogen-bond donors (Lipinski definition) is 0. The number of nitro benzene ring substituents is 1. The van der Waals surface area contributed by atoms with E-state index in [0.29, 0.717) is 7.14 Å². The van der Waals surface area contributed by atoms with Crippen LogP contribution in [-0.2, 0) is 0 Å². The highest BCUT2D eigenvalue weighted by molar-refractivity contribution is 14.1. The minimum Gasteiger partial charge on any atom is -0.258 e. The van der Waals surface area contributed by atoms with E-state index in [9.17, 15) is 10.1 Å². The number of hydrogen-bond acceptors (Lipinski definition) is 2. The number of nitro groups is 1. The minimum atomic E-state index is -0.358. The summed E-state index contributed by atoms with van der Waals surface area (Å²) >= 11 is 3.91. The molecule has 0 bridgehead atoms. The summed E-state index contributed by atoms with van der Waals surface area (Å²) in [5, 5.41) is 10.4. The first-order valence-electron chi connectivity index (χ1n) is 2.71. The first kappa shape index (κ1) is 9.17. The van der Waals surface area contributed by atoms with E-state index in [-0.39, 0.29) is 10.6 Å². The van der Waals surface area contributed by atoms with Crippen LogP contribution in [0.1, 0.15) is 0 Å². The number of nitrogens with zero attached hydrogens (tertiary/aromatic N) is 1. The number of rotatable bonds is 1. The fraction of sp³-hybridized carbons (Fsp3) is 0. The second-order valence-corrected chi connectivity index (χ2v) is 4.15. The van der Waals surface area contributed by atoms with Crippen molar-refractivity contribution in [1.82, 2.24) is 0 Å². The normalized spacial score (nSPS) is 9.64. The predicted octanol–water partition coefficient (Wildman–Crippen LogP) is 2.80. The van der Waals surface area contributed by atoms with E-state index in [4.69, 9.17) is 0 Å². The van der Waals surface area contributed by atoms with Crippen molar-refractivity contribution in [1.29, 1.82) is 0 Å². The van der Waals surface area contributed by atoms with Gasteiger partial charge in [-0.3, -0.25) is 10.1 Å². The third kappa shape index (κ3) is 2.01. The van der Waals surface area contributed by atoms with E-state index < -0.39 is 0 Å². The molecule has 0 atom stereocenters. The van der Waals surface area contributed by atoms with Gasteiger partial charge in [-0.25, -0.2) is 0 Å². The fourth-order valence-corrected chi connectivity index (χ4v) is 2.57. The van der Waals surface area contributed by atoms with E-state index in [1.165, 1.54) is 0 Å². The van der Waals surface area contributed by atoms with E-state index >= 15 is 0 Å². The zero-order valence-corrected chi connectivity index (χ0v) is 9.57. The maximum Gasteiger partial charge on any atom is 0.295 e. The Morgan fingerprint density at radius 2 is 1.73 bits per heavy atom. The Balaban J connectivity index is 3.32. The van der Waals surface area contributed by atoms with Gasteiger partial charge in [-0.1, -0.05) is 6.07 Å². The lowest BCUT2D eigenvalue weighted by Crippen LogP contribution is -1.93. The van der Waals surface area contributed by atoms with Gasteiger partial charge in [0.05, 0.1) is 12.1 Å². The molecule has 0 amide bonds. The van der Waals surface area contributed by atoms with E-state index in [1.807, 2.05) is 45.2 Å². The standard InChI is InChI=1S/C6H3I2NO2/c7-4-2-1-3-5(8)6(4)9(10)11/h1-3H. The fourth-order valence-electron chi connectivity index (χ4n) is 0.663. The summed E-state index contributed by atoms with van der Waals surface area (Å²) in [6.45, 7) is 0. The highest BCUT2D eigenvalue weighted by Crippen LogP contribution is 2.25. The molecule has 0 heterocycles. The van der Waals surface area contributed by atoms with Crippen molar-refractivity contribution in [3.63, 3.8) is 0 Å². The van der Waals surface area contributed by atoms with Crippen LogP contribution < -0.4 is 0 Å². The summed E-state index contributed by atoms with van der Waals surface area (Å²) in [5.41, 5.74) is 0.203. The van der Waals surface area contributed by atoms with Crippen molar-refractivity contribution in [2.75, 3.05) is 0 Å². The maximum atomic E-state index is 10.4. The van der Waals surface area contributed by atoms with E-state index in [1.54, 1.807) is 18.2 Å². The Bertz CT molecular complexity index is 280. The highest BCUT2D eigenvalue weighted by atomic mass is 127. The largest absolute Gasteiger partial charge is 0.295 e. The Hall–Kier alpha value is 0.0800. The SMILES string of the molecule is O=[N+]([O-])c1c(I)cccc1I. The summed E-state index contributed by atoms with van der Waals surface area (Å²) < 4.78 is 1.36. The molecule has 0 aliphatic rings. The summed E-state index contributed by atoms with van der Waals surface area (Å²) in [7, 11) is 0. The van der Waals surface area contributed by atoms with Gasteiger partial charge < -0.3 is 0 Å². The molecule has 0 aliphatic heterocycles. The molecule has 0 unspecified atom stereocenters. The number of benzene rings is 1. The minimum absolute atomic E-state index is 0.203. The van der Waals surface area contributed by atoms with Crippen LogP contribution in [0.4, 0.5) is 5.69 Å². The van der Waals surface area contributed by atoms with Crippen molar-refractivity contribution < 1.29 is 4.92 Å². The van der Waals surface area contributed by atoms with Crippen LogP contribution in [0.15, 0.2) is 18.2 Å². The molecule has 1 aromatic carbocycles. The molecule has 0 saturated heterocycles. The van der Waals surface area contributed by atoms with Gasteiger partial charge in [0.1, 0.15) is 0 Å². The van der Waals surface area contributed by atoms with Gasteiger partial charge in [0, 0.05) is 0 Å². The van der Waals surface area contributed by atoms with Gasteiger partial charge >= 0.3 is 0 Å². The molecule has 3 nitrogen and oxygen atoms in total. The van der Waals surface area contributed by atoms with Crippen molar-refractivity contribution in [2.45, 2.75) is 0 Å². The molecule has 11 heavy (non-hydrogen) atoms. The lowest BCUT2D eigenvalue weighted by atomic mass is 10.3. The zero-order chi connectivity index (χ0) is 8.43. The van der Waals surface area contributed by atoms with Crippen molar-refractivity contribution in [2.24, 2.45) is 0 Å². The van der Waals surface area contributed by atoms with E-state index in [2.05, 4.69) is 0 Å². The smallest absolute Gasteiger partial charge is 0.258 e. The monoisotopic (exact) mass is 375 g/mol. The summed E-state index contributed by atoms with van der Waals surface area (Å²) in [6, 6.07) is 5.25. The molecule has 0 saturated carbocycles. The van der Waals surface area contributed by atoms with E-state index in [0.717, 1.165) is 0 Å². The predicted molar refractivity (Wildman–Crippen MR) is 58.5 cm³/mol. The summed E-state index contributed by atoms with van der Waals surface area (Å²) in [4.78, 5) is 10.1. The molecule has 0 N–H and O–H groups in total. The Morgan fingerprint density at radius 1 is 1.27 bits per heavy atom. The van der Waals surface area contributed by atoms with Gasteiger partial charge in [0.15, 0.2) is 0 Å². The van der Waals surface area contributed by atoms with Gasteiger partial charge in [-0.05, 0) is 57.3 Å². The maximum absolute atomic E-state index is 10.4. The van der Waals surface area contributed by atoms with Gasteiger partial charge in [-0.2, -0.15) is 0 Å². The molecule has 0 spiro atoms. The first-order chi connectivity index (χ1) is 5.13. The second kappa shape index (κ2) is 3.65. The van der Waals surface area contributed by atoms with Crippen LogP contribution >= 0.6 is 45.2 Å². The Morgan fingerprint density at radius 3 is 2.00 bits per heavy atom. The van der Waals surface area contributed by atoms with Gasteiger partial charge in [0.2, 0.25) is 0 Å². The highest BCUT2D eigenvalue weighted by Gasteiger charge is 2.14. The van der Waals surface area contributed by atoms with Crippen molar-refractivity contribution in [3.05, 3.63) is 35.5 Å². The third-order valence-electron chi connectivity index (χ3n) is 1.12. The molecule has 0 fully saturated rings. The molecule has 1 aromatic rings. The van der Waals surface area contributed by atoms with Crippen LogP contribution in [-0.4, -0.2) is 4.92 Å². The lowest BCUT2D eigenvalue weighted by Gasteiger charge is -1.95. The van der Waals surface area contributed by atoms with Gasteiger partial charge in [0.25, 0.3) is 5.69 Å². The Kier molecular flexibility index (Phi) is 3.05. The average molecular weight is 375 g/mol. The third-order valence-corrected chi connectivity index (χ3v) is 2.86. The molecular formula is C6H3I2NO2. The van der Waals surface area contributed by atoms with Crippen LogP contribution in [0.5, 0.6) is 0 Å². The molecule has 0 aliphatic carbocycles. The Labute approximate surface area is 90.6 Å². The summed E-state index contributed by atoms with van der Waals surface area (Å²) in [6.07, 6.45) is 0. The van der Waals surface area contributed by atoms with Crippen LogP contribution in [0.3, 0.4) is 0 Å². The lowest BCUT2D eigenvalue weighted by molar-refractivity contribution is -0.386. The van der Waals surface area contributed by atoms with Crippen molar-refractivity contribution in [3.8, 4) is 0 Å². The second-order valence-electron chi connectivity index (χ2n) is 1.83. The average Bonchev–Trinajstić information content (AvgIpc) is 1.85. The van der Waals surface area contributed by atoms with Crippen LogP contribution in [0.25, 0.3) is 0 Å². The quantitative estimate of drug-likeness (QED) is 0.431. The molecular weight excluding hydrogens is 372 g/mol. The molecule has 5 heteroatoms. The molecule has 0 radical (unpaired) electrons. The number of halogens is 2. The molecule has 1 rings (SSSR count).